The molecule has 1 aromatic carbocycles. The predicted octanol–water partition coefficient (Wildman–Crippen LogP) is 2.63. The molecule has 0 saturated carbocycles. The standard InChI is InChI=1S/C14H12FN3O/c15-11-4-3-7-18-8-10(17-14(11)18)9-19-13-6-2-1-5-12(13)16/h1-8H,9,16H2. The lowest BCUT2D eigenvalue weighted by atomic mass is 10.3. The Morgan fingerprint density at radius 2 is 2.05 bits per heavy atom. The van der Waals surface area contributed by atoms with Gasteiger partial charge >= 0.3 is 0 Å². The molecule has 0 radical (unpaired) electrons. The number of fused-ring (bicyclic) bond motifs is 1. The molecule has 0 aliphatic heterocycles. The molecule has 0 amide bonds. The van der Waals surface area contributed by atoms with Crippen LogP contribution in [0.5, 0.6) is 5.75 Å². The fraction of sp³-hybridized carbons (Fsp3) is 0.0714. The normalized spacial score (nSPS) is 10.8. The first-order valence-corrected chi connectivity index (χ1v) is 5.83. The van der Waals surface area contributed by atoms with E-state index in [1.54, 1.807) is 35.0 Å². The lowest BCUT2D eigenvalue weighted by Gasteiger charge is -2.06. The number of ether oxygens (including phenoxy) is 1. The summed E-state index contributed by atoms with van der Waals surface area (Å²) in [6, 6.07) is 10.2. The van der Waals surface area contributed by atoms with Crippen LogP contribution in [0.1, 0.15) is 5.69 Å². The number of nitrogens with zero attached hydrogens (tertiary/aromatic N) is 2. The van der Waals surface area contributed by atoms with Gasteiger partial charge in [-0.1, -0.05) is 12.1 Å². The molecule has 0 spiro atoms. The minimum atomic E-state index is -0.354. The first kappa shape index (κ1) is 11.5. The largest absolute Gasteiger partial charge is 0.485 e. The van der Waals surface area contributed by atoms with Gasteiger partial charge in [0.25, 0.3) is 0 Å². The molecule has 19 heavy (non-hydrogen) atoms. The Hall–Kier alpha value is -2.56. The van der Waals surface area contributed by atoms with Gasteiger partial charge in [-0.3, -0.25) is 0 Å². The molecular formula is C14H12FN3O. The van der Waals surface area contributed by atoms with E-state index in [0.29, 0.717) is 22.8 Å². The molecule has 4 nitrogen and oxygen atoms in total. The zero-order valence-electron chi connectivity index (χ0n) is 10.1. The van der Waals surface area contributed by atoms with Crippen molar-refractivity contribution in [1.29, 1.82) is 0 Å². The van der Waals surface area contributed by atoms with Crippen LogP contribution in [0.2, 0.25) is 0 Å². The van der Waals surface area contributed by atoms with E-state index >= 15 is 0 Å². The second-order valence-electron chi connectivity index (χ2n) is 4.15. The van der Waals surface area contributed by atoms with E-state index in [-0.39, 0.29) is 12.4 Å². The van der Waals surface area contributed by atoms with E-state index < -0.39 is 0 Å². The number of para-hydroxylation sites is 2. The first-order chi connectivity index (χ1) is 9.24. The molecule has 0 bridgehead atoms. The highest BCUT2D eigenvalue weighted by Gasteiger charge is 2.07. The number of halogens is 1. The summed E-state index contributed by atoms with van der Waals surface area (Å²) in [5, 5.41) is 0. The third kappa shape index (κ3) is 2.22. The molecule has 0 saturated heterocycles. The second-order valence-corrected chi connectivity index (χ2v) is 4.15. The second kappa shape index (κ2) is 4.61. The van der Waals surface area contributed by atoms with Gasteiger partial charge in [-0.25, -0.2) is 9.37 Å². The summed E-state index contributed by atoms with van der Waals surface area (Å²) in [6.45, 7) is 0.245. The molecule has 2 heterocycles. The topological polar surface area (TPSA) is 52.5 Å². The van der Waals surface area contributed by atoms with Gasteiger partial charge in [-0.15, -0.1) is 0 Å². The van der Waals surface area contributed by atoms with Gasteiger partial charge in [-0.2, -0.15) is 0 Å². The van der Waals surface area contributed by atoms with Gasteiger partial charge in [0, 0.05) is 12.4 Å². The third-order valence-electron chi connectivity index (χ3n) is 2.78. The fourth-order valence-electron chi connectivity index (χ4n) is 1.86. The number of rotatable bonds is 3. The Balaban J connectivity index is 1.83. The van der Waals surface area contributed by atoms with Crippen molar-refractivity contribution in [2.45, 2.75) is 6.61 Å². The van der Waals surface area contributed by atoms with Crippen molar-refractivity contribution in [3.63, 3.8) is 0 Å². The van der Waals surface area contributed by atoms with E-state index in [1.165, 1.54) is 6.07 Å². The average molecular weight is 257 g/mol. The van der Waals surface area contributed by atoms with Crippen molar-refractivity contribution in [2.24, 2.45) is 0 Å². The molecule has 2 N–H and O–H groups in total. The van der Waals surface area contributed by atoms with Gasteiger partial charge in [0.05, 0.1) is 11.4 Å². The number of nitrogens with two attached hydrogens (primary N) is 1. The summed E-state index contributed by atoms with van der Waals surface area (Å²) < 4.78 is 20.7. The van der Waals surface area contributed by atoms with Crippen molar-refractivity contribution >= 4 is 11.3 Å². The maximum atomic E-state index is 13.5. The molecule has 96 valence electrons. The maximum absolute atomic E-state index is 13.5. The predicted molar refractivity (Wildman–Crippen MR) is 70.3 cm³/mol. The summed E-state index contributed by atoms with van der Waals surface area (Å²) in [4.78, 5) is 4.18. The summed E-state index contributed by atoms with van der Waals surface area (Å²) in [5.41, 5.74) is 7.28. The highest BCUT2D eigenvalue weighted by Crippen LogP contribution is 2.21. The van der Waals surface area contributed by atoms with E-state index in [2.05, 4.69) is 4.98 Å². The van der Waals surface area contributed by atoms with Crippen LogP contribution in [0.25, 0.3) is 5.65 Å². The van der Waals surface area contributed by atoms with E-state index in [4.69, 9.17) is 10.5 Å². The number of aromatic nitrogens is 2. The van der Waals surface area contributed by atoms with Gasteiger partial charge in [0.2, 0.25) is 0 Å². The minimum Gasteiger partial charge on any atom is -0.485 e. The van der Waals surface area contributed by atoms with Crippen molar-refractivity contribution in [2.75, 3.05) is 5.73 Å². The van der Waals surface area contributed by atoms with Crippen molar-refractivity contribution in [3.05, 3.63) is 60.3 Å². The summed E-state index contributed by atoms with van der Waals surface area (Å²) in [7, 11) is 0. The average Bonchev–Trinajstić information content (AvgIpc) is 2.82. The van der Waals surface area contributed by atoms with Crippen LogP contribution in [-0.2, 0) is 6.61 Å². The Morgan fingerprint density at radius 1 is 1.21 bits per heavy atom. The minimum absolute atomic E-state index is 0.245. The van der Waals surface area contributed by atoms with Gasteiger partial charge in [0.1, 0.15) is 12.4 Å². The molecule has 2 aromatic heterocycles. The van der Waals surface area contributed by atoms with Crippen LogP contribution in [-0.4, -0.2) is 9.38 Å². The Bertz CT molecular complexity index is 724. The summed E-state index contributed by atoms with van der Waals surface area (Å²) in [6.07, 6.45) is 3.48. The van der Waals surface area contributed by atoms with Crippen molar-refractivity contribution in [3.8, 4) is 5.75 Å². The van der Waals surface area contributed by atoms with Crippen LogP contribution < -0.4 is 10.5 Å². The maximum Gasteiger partial charge on any atom is 0.173 e. The molecule has 5 heteroatoms. The van der Waals surface area contributed by atoms with Gasteiger partial charge < -0.3 is 14.9 Å². The van der Waals surface area contributed by atoms with E-state index in [0.717, 1.165) is 0 Å². The lowest BCUT2D eigenvalue weighted by Crippen LogP contribution is -1.98. The molecule has 0 unspecified atom stereocenters. The van der Waals surface area contributed by atoms with Crippen molar-refractivity contribution in [1.82, 2.24) is 9.38 Å². The lowest BCUT2D eigenvalue weighted by molar-refractivity contribution is 0.304. The first-order valence-electron chi connectivity index (χ1n) is 5.83. The third-order valence-corrected chi connectivity index (χ3v) is 2.78. The van der Waals surface area contributed by atoms with E-state index in [9.17, 15) is 4.39 Å². The number of pyridine rings is 1. The number of hydrogen-bond donors (Lipinski definition) is 1. The summed E-state index contributed by atoms with van der Waals surface area (Å²) in [5.74, 6) is 0.244. The smallest absolute Gasteiger partial charge is 0.173 e. The van der Waals surface area contributed by atoms with Crippen LogP contribution >= 0.6 is 0 Å². The number of imidazole rings is 1. The van der Waals surface area contributed by atoms with Crippen LogP contribution in [0.4, 0.5) is 10.1 Å². The zero-order chi connectivity index (χ0) is 13.2. The molecule has 3 aromatic rings. The van der Waals surface area contributed by atoms with E-state index in [1.807, 2.05) is 12.1 Å². The Morgan fingerprint density at radius 3 is 2.84 bits per heavy atom. The highest BCUT2D eigenvalue weighted by molar-refractivity contribution is 5.51. The number of nitrogen functional groups attached to an aromatic ring is 1. The fourth-order valence-corrected chi connectivity index (χ4v) is 1.86. The Kier molecular flexibility index (Phi) is 2.79. The Labute approximate surface area is 109 Å². The number of hydrogen-bond acceptors (Lipinski definition) is 3. The zero-order valence-corrected chi connectivity index (χ0v) is 10.1. The van der Waals surface area contributed by atoms with Crippen LogP contribution in [0, 0.1) is 5.82 Å². The highest BCUT2D eigenvalue weighted by atomic mass is 19.1. The SMILES string of the molecule is Nc1ccccc1OCc1cn2cccc(F)c2n1. The quantitative estimate of drug-likeness (QED) is 0.734. The van der Waals surface area contributed by atoms with Gasteiger partial charge in [0.15, 0.2) is 11.5 Å². The number of anilines is 1. The van der Waals surface area contributed by atoms with Crippen molar-refractivity contribution < 1.29 is 9.13 Å². The molecular weight excluding hydrogens is 245 g/mol. The van der Waals surface area contributed by atoms with Crippen LogP contribution in [0.15, 0.2) is 48.8 Å². The van der Waals surface area contributed by atoms with Crippen LogP contribution in [0.3, 0.4) is 0 Å². The molecule has 3 rings (SSSR count). The number of benzene rings is 1. The molecule has 0 atom stereocenters. The monoisotopic (exact) mass is 257 g/mol. The molecule has 0 aliphatic rings. The van der Waals surface area contributed by atoms with Gasteiger partial charge in [-0.05, 0) is 24.3 Å². The molecule has 0 aliphatic carbocycles. The summed E-state index contributed by atoms with van der Waals surface area (Å²) >= 11 is 0. The molecule has 0 fully saturated rings.